The summed E-state index contributed by atoms with van der Waals surface area (Å²) in [6, 6.07) is 8.67. The Morgan fingerprint density at radius 2 is 1.79 bits per heavy atom. The molecule has 2 rings (SSSR count). The van der Waals surface area contributed by atoms with Crippen LogP contribution in [0.2, 0.25) is 15.1 Å². The van der Waals surface area contributed by atoms with E-state index in [2.05, 4.69) is 15.9 Å². The fraction of sp³-hybridized carbons (Fsp3) is 0.0769. The second kappa shape index (κ2) is 6.33. The highest BCUT2D eigenvalue weighted by atomic mass is 79.9. The first kappa shape index (κ1) is 14.9. The maximum Gasteiger partial charge on any atom is 0.150 e. The molecule has 100 valence electrons. The lowest BCUT2D eigenvalue weighted by molar-refractivity contribution is 0.477. The van der Waals surface area contributed by atoms with Crippen LogP contribution in [-0.2, 0) is 6.54 Å². The molecule has 0 heterocycles. The maximum atomic E-state index is 6.12. The number of nitrogens with two attached hydrogens (primary N) is 1. The molecule has 2 aromatic carbocycles. The van der Waals surface area contributed by atoms with Crippen LogP contribution in [0.5, 0.6) is 11.5 Å². The van der Waals surface area contributed by atoms with Crippen LogP contribution in [0.4, 0.5) is 0 Å². The Kier molecular flexibility index (Phi) is 4.98. The lowest BCUT2D eigenvalue weighted by Crippen LogP contribution is -2.00. The SMILES string of the molecule is NCc1cccc(Cl)c1Oc1cc(Cl)c(Br)cc1Cl. The number of rotatable bonds is 3. The van der Waals surface area contributed by atoms with E-state index in [1.165, 1.54) is 0 Å². The number of hydrogen-bond donors (Lipinski definition) is 1. The minimum atomic E-state index is 0.317. The second-order valence-electron chi connectivity index (χ2n) is 3.73. The van der Waals surface area contributed by atoms with Crippen molar-refractivity contribution in [3.05, 3.63) is 55.4 Å². The highest BCUT2D eigenvalue weighted by Crippen LogP contribution is 2.39. The number of ether oxygens (including phenoxy) is 1. The van der Waals surface area contributed by atoms with Crippen LogP contribution in [0, 0.1) is 0 Å². The third kappa shape index (κ3) is 3.36. The predicted octanol–water partition coefficient (Wildman–Crippen LogP) is 5.66. The van der Waals surface area contributed by atoms with Gasteiger partial charge < -0.3 is 10.5 Å². The average Bonchev–Trinajstić information content (AvgIpc) is 2.38. The van der Waals surface area contributed by atoms with Crippen molar-refractivity contribution in [2.45, 2.75) is 6.54 Å². The third-order valence-corrected chi connectivity index (χ3v) is 4.25. The molecule has 0 spiro atoms. The van der Waals surface area contributed by atoms with Gasteiger partial charge in [-0.25, -0.2) is 0 Å². The number of halogens is 4. The zero-order chi connectivity index (χ0) is 14.0. The Morgan fingerprint density at radius 3 is 2.47 bits per heavy atom. The molecule has 0 aromatic heterocycles. The Balaban J connectivity index is 2.44. The molecule has 0 atom stereocenters. The molecule has 19 heavy (non-hydrogen) atoms. The highest BCUT2D eigenvalue weighted by molar-refractivity contribution is 9.10. The number of benzene rings is 2. The predicted molar refractivity (Wildman–Crippen MR) is 83.6 cm³/mol. The van der Waals surface area contributed by atoms with E-state index in [4.69, 9.17) is 45.3 Å². The molecule has 6 heteroatoms. The van der Waals surface area contributed by atoms with E-state index in [-0.39, 0.29) is 0 Å². The average molecular weight is 381 g/mol. The molecular formula is C13H9BrCl3NO. The number of para-hydroxylation sites is 1. The van der Waals surface area contributed by atoms with Gasteiger partial charge in [-0.3, -0.25) is 0 Å². The molecule has 0 aliphatic rings. The monoisotopic (exact) mass is 379 g/mol. The molecule has 0 amide bonds. The van der Waals surface area contributed by atoms with Crippen molar-refractivity contribution in [2.24, 2.45) is 5.73 Å². The molecule has 0 saturated carbocycles. The largest absolute Gasteiger partial charge is 0.454 e. The van der Waals surface area contributed by atoms with Gasteiger partial charge in [0.25, 0.3) is 0 Å². The minimum absolute atomic E-state index is 0.317. The Bertz CT molecular complexity index is 619. The zero-order valence-corrected chi connectivity index (χ0v) is 13.4. The first-order valence-electron chi connectivity index (χ1n) is 5.32. The topological polar surface area (TPSA) is 35.2 Å². The minimum Gasteiger partial charge on any atom is -0.454 e. The van der Waals surface area contributed by atoms with Gasteiger partial charge in [-0.2, -0.15) is 0 Å². The van der Waals surface area contributed by atoms with Crippen molar-refractivity contribution >= 4 is 50.7 Å². The van der Waals surface area contributed by atoms with Crippen molar-refractivity contribution < 1.29 is 4.74 Å². The molecule has 0 aliphatic heterocycles. The van der Waals surface area contributed by atoms with Crippen LogP contribution in [0.3, 0.4) is 0 Å². The van der Waals surface area contributed by atoms with Crippen molar-refractivity contribution in [3.8, 4) is 11.5 Å². The molecule has 2 N–H and O–H groups in total. The van der Waals surface area contributed by atoms with Crippen LogP contribution < -0.4 is 10.5 Å². The molecule has 2 nitrogen and oxygen atoms in total. The summed E-state index contributed by atoms with van der Waals surface area (Å²) in [5.74, 6) is 0.921. The lowest BCUT2D eigenvalue weighted by atomic mass is 10.2. The smallest absolute Gasteiger partial charge is 0.150 e. The first-order chi connectivity index (χ1) is 9.02. The van der Waals surface area contributed by atoms with Gasteiger partial charge in [0.2, 0.25) is 0 Å². The second-order valence-corrected chi connectivity index (χ2v) is 5.81. The lowest BCUT2D eigenvalue weighted by Gasteiger charge is -2.13. The van der Waals surface area contributed by atoms with Crippen LogP contribution >= 0.6 is 50.7 Å². The normalized spacial score (nSPS) is 10.6. The van der Waals surface area contributed by atoms with E-state index in [0.717, 1.165) is 5.56 Å². The van der Waals surface area contributed by atoms with Gasteiger partial charge in [0.1, 0.15) is 5.75 Å². The molecular weight excluding hydrogens is 372 g/mol. The summed E-state index contributed by atoms with van der Waals surface area (Å²) in [5.41, 5.74) is 6.45. The van der Waals surface area contributed by atoms with Crippen LogP contribution in [0.1, 0.15) is 5.56 Å². The summed E-state index contributed by atoms with van der Waals surface area (Å²) in [6.45, 7) is 0.317. The van der Waals surface area contributed by atoms with Crippen LogP contribution in [-0.4, -0.2) is 0 Å². The van der Waals surface area contributed by atoms with Gasteiger partial charge in [-0.15, -0.1) is 0 Å². The molecule has 0 saturated heterocycles. The molecule has 0 unspecified atom stereocenters. The van der Waals surface area contributed by atoms with Crippen molar-refractivity contribution in [2.75, 3.05) is 0 Å². The van der Waals surface area contributed by atoms with E-state index in [1.54, 1.807) is 18.2 Å². The van der Waals surface area contributed by atoms with Gasteiger partial charge in [0, 0.05) is 22.6 Å². The summed E-state index contributed by atoms with van der Waals surface area (Å²) in [6.07, 6.45) is 0. The van der Waals surface area contributed by atoms with E-state index in [0.29, 0.717) is 37.6 Å². The van der Waals surface area contributed by atoms with Gasteiger partial charge in [0.15, 0.2) is 5.75 Å². The van der Waals surface area contributed by atoms with Crippen molar-refractivity contribution in [1.29, 1.82) is 0 Å². The molecule has 2 aromatic rings. The van der Waals surface area contributed by atoms with E-state index >= 15 is 0 Å². The zero-order valence-electron chi connectivity index (χ0n) is 9.59. The third-order valence-electron chi connectivity index (χ3n) is 2.46. The summed E-state index contributed by atoms with van der Waals surface area (Å²) >= 11 is 21.5. The van der Waals surface area contributed by atoms with E-state index in [9.17, 15) is 0 Å². The standard InChI is InChI=1S/C13H9BrCl3NO/c14-8-4-11(17)12(5-10(8)16)19-13-7(6-18)2-1-3-9(13)15/h1-5H,6,18H2. The van der Waals surface area contributed by atoms with Gasteiger partial charge >= 0.3 is 0 Å². The molecule has 0 aliphatic carbocycles. The van der Waals surface area contributed by atoms with Crippen molar-refractivity contribution in [1.82, 2.24) is 0 Å². The van der Waals surface area contributed by atoms with Gasteiger partial charge in [-0.1, -0.05) is 46.9 Å². The van der Waals surface area contributed by atoms with E-state index < -0.39 is 0 Å². The Hall–Kier alpha value is -0.450. The maximum absolute atomic E-state index is 6.12. The van der Waals surface area contributed by atoms with Crippen LogP contribution in [0.15, 0.2) is 34.8 Å². The Labute approximate surface area is 134 Å². The Morgan fingerprint density at radius 1 is 1.05 bits per heavy atom. The first-order valence-corrected chi connectivity index (χ1v) is 7.25. The summed E-state index contributed by atoms with van der Waals surface area (Å²) in [5, 5.41) is 1.40. The van der Waals surface area contributed by atoms with Gasteiger partial charge in [-0.05, 0) is 28.1 Å². The fourth-order valence-corrected chi connectivity index (χ4v) is 2.58. The van der Waals surface area contributed by atoms with Gasteiger partial charge in [0.05, 0.1) is 15.1 Å². The molecule has 0 bridgehead atoms. The van der Waals surface area contributed by atoms with E-state index in [1.807, 2.05) is 12.1 Å². The number of hydrogen-bond acceptors (Lipinski definition) is 2. The summed E-state index contributed by atoms with van der Waals surface area (Å²) < 4.78 is 6.45. The highest BCUT2D eigenvalue weighted by Gasteiger charge is 2.12. The fourth-order valence-electron chi connectivity index (χ4n) is 1.52. The van der Waals surface area contributed by atoms with Crippen LogP contribution in [0.25, 0.3) is 0 Å². The summed E-state index contributed by atoms with van der Waals surface area (Å²) in [7, 11) is 0. The molecule has 0 radical (unpaired) electrons. The quantitative estimate of drug-likeness (QED) is 0.696. The molecule has 0 fully saturated rings. The summed E-state index contributed by atoms with van der Waals surface area (Å²) in [4.78, 5) is 0. The van der Waals surface area contributed by atoms with Crippen molar-refractivity contribution in [3.63, 3.8) is 0 Å².